The van der Waals surface area contributed by atoms with Crippen LogP contribution in [0.5, 0.6) is 0 Å². The van der Waals surface area contributed by atoms with Gasteiger partial charge in [-0.05, 0) is 31.2 Å². The van der Waals surface area contributed by atoms with E-state index in [1.165, 1.54) is 16.7 Å². The molecule has 4 nitrogen and oxygen atoms in total. The lowest BCUT2D eigenvalue weighted by molar-refractivity contribution is -0.137. The molecular weight excluding hydrogens is 319 g/mol. The Labute approximate surface area is 135 Å². The fraction of sp³-hybridized carbons (Fsp3) is 0.176. The predicted molar refractivity (Wildman–Crippen MR) is 82.5 cm³/mol. The molecular formula is C17H14F3N3O. The number of benzene rings is 1. The molecule has 0 bridgehead atoms. The van der Waals surface area contributed by atoms with Crippen molar-refractivity contribution in [1.82, 2.24) is 14.7 Å². The second-order valence-electron chi connectivity index (χ2n) is 5.46. The molecule has 0 aliphatic carbocycles. The van der Waals surface area contributed by atoms with Crippen molar-refractivity contribution < 1.29 is 18.0 Å². The van der Waals surface area contributed by atoms with Crippen LogP contribution in [0.25, 0.3) is 5.65 Å². The maximum atomic E-state index is 12.7. The third kappa shape index (κ3) is 3.40. The third-order valence-corrected chi connectivity index (χ3v) is 3.57. The number of imidazole rings is 1. The SMILES string of the molecule is Cc1ccc(C(=O)NCc2cn3cc(C(F)(F)F)ccc3n2)cc1. The molecule has 2 aromatic heterocycles. The summed E-state index contributed by atoms with van der Waals surface area (Å²) < 4.78 is 39.4. The Kier molecular flexibility index (Phi) is 4.01. The largest absolute Gasteiger partial charge is 0.417 e. The van der Waals surface area contributed by atoms with Gasteiger partial charge in [-0.2, -0.15) is 13.2 Å². The molecule has 0 saturated carbocycles. The summed E-state index contributed by atoms with van der Waals surface area (Å²) in [7, 11) is 0. The van der Waals surface area contributed by atoms with Gasteiger partial charge < -0.3 is 9.72 Å². The first kappa shape index (κ1) is 16.0. The minimum absolute atomic E-state index is 0.135. The number of aryl methyl sites for hydroxylation is 1. The minimum atomic E-state index is -4.40. The summed E-state index contributed by atoms with van der Waals surface area (Å²) in [5.41, 5.74) is 1.69. The average molecular weight is 333 g/mol. The van der Waals surface area contributed by atoms with Gasteiger partial charge in [0.25, 0.3) is 5.91 Å². The van der Waals surface area contributed by atoms with Gasteiger partial charge in [-0.1, -0.05) is 17.7 Å². The zero-order valence-corrected chi connectivity index (χ0v) is 12.8. The van der Waals surface area contributed by atoms with Crippen LogP contribution >= 0.6 is 0 Å². The highest BCUT2D eigenvalue weighted by molar-refractivity contribution is 5.94. The van der Waals surface area contributed by atoms with Gasteiger partial charge in [0.05, 0.1) is 17.8 Å². The van der Waals surface area contributed by atoms with Crippen molar-refractivity contribution in [2.24, 2.45) is 0 Å². The minimum Gasteiger partial charge on any atom is -0.346 e. The van der Waals surface area contributed by atoms with Crippen LogP contribution in [0.4, 0.5) is 13.2 Å². The first-order valence-corrected chi connectivity index (χ1v) is 7.22. The molecule has 0 saturated heterocycles. The molecule has 0 fully saturated rings. The molecule has 0 spiro atoms. The van der Waals surface area contributed by atoms with Crippen LogP contribution in [0.1, 0.15) is 27.2 Å². The Hall–Kier alpha value is -2.83. The van der Waals surface area contributed by atoms with E-state index in [-0.39, 0.29) is 12.5 Å². The van der Waals surface area contributed by atoms with Crippen LogP contribution < -0.4 is 5.32 Å². The van der Waals surface area contributed by atoms with Gasteiger partial charge in [0.1, 0.15) is 5.65 Å². The van der Waals surface area contributed by atoms with E-state index >= 15 is 0 Å². The molecule has 2 heterocycles. The number of nitrogens with one attached hydrogen (secondary N) is 1. The van der Waals surface area contributed by atoms with Crippen LogP contribution in [-0.2, 0) is 12.7 Å². The van der Waals surface area contributed by atoms with Gasteiger partial charge in [-0.3, -0.25) is 4.79 Å². The monoisotopic (exact) mass is 333 g/mol. The van der Waals surface area contributed by atoms with Gasteiger partial charge >= 0.3 is 6.18 Å². The van der Waals surface area contributed by atoms with Crippen molar-refractivity contribution in [3.63, 3.8) is 0 Å². The number of amides is 1. The number of hydrogen-bond donors (Lipinski definition) is 1. The van der Waals surface area contributed by atoms with Crippen molar-refractivity contribution in [3.8, 4) is 0 Å². The number of pyridine rings is 1. The fourth-order valence-corrected chi connectivity index (χ4v) is 2.28. The summed E-state index contributed by atoms with van der Waals surface area (Å²) in [5, 5.41) is 2.70. The smallest absolute Gasteiger partial charge is 0.346 e. The third-order valence-electron chi connectivity index (χ3n) is 3.57. The number of alkyl halides is 3. The topological polar surface area (TPSA) is 46.4 Å². The van der Waals surface area contributed by atoms with Crippen molar-refractivity contribution in [2.75, 3.05) is 0 Å². The Balaban J connectivity index is 1.73. The van der Waals surface area contributed by atoms with E-state index in [1.807, 2.05) is 19.1 Å². The van der Waals surface area contributed by atoms with Crippen molar-refractivity contribution >= 4 is 11.6 Å². The normalized spacial score (nSPS) is 11.7. The maximum Gasteiger partial charge on any atom is 0.417 e. The van der Waals surface area contributed by atoms with E-state index in [4.69, 9.17) is 0 Å². The van der Waals surface area contributed by atoms with E-state index in [0.29, 0.717) is 16.9 Å². The molecule has 3 rings (SSSR count). The molecule has 0 unspecified atom stereocenters. The lowest BCUT2D eigenvalue weighted by Crippen LogP contribution is -2.22. The highest BCUT2D eigenvalue weighted by Crippen LogP contribution is 2.29. The quantitative estimate of drug-likeness (QED) is 0.796. The first-order chi connectivity index (χ1) is 11.3. The summed E-state index contributed by atoms with van der Waals surface area (Å²) in [6, 6.07) is 9.37. The van der Waals surface area contributed by atoms with Gasteiger partial charge in [-0.25, -0.2) is 4.98 Å². The molecule has 1 amide bonds. The highest BCUT2D eigenvalue weighted by atomic mass is 19.4. The number of aromatic nitrogens is 2. The molecule has 0 radical (unpaired) electrons. The summed E-state index contributed by atoms with van der Waals surface area (Å²) in [6.07, 6.45) is -1.95. The van der Waals surface area contributed by atoms with Crippen LogP contribution in [0.2, 0.25) is 0 Å². The highest BCUT2D eigenvalue weighted by Gasteiger charge is 2.30. The van der Waals surface area contributed by atoms with E-state index in [2.05, 4.69) is 10.3 Å². The number of halogens is 3. The van der Waals surface area contributed by atoms with Crippen molar-refractivity contribution in [1.29, 1.82) is 0 Å². The molecule has 0 aliphatic rings. The standard InChI is InChI=1S/C17H14F3N3O/c1-11-2-4-12(5-3-11)16(24)21-8-14-10-23-9-13(17(18,19)20)6-7-15(23)22-14/h2-7,9-10H,8H2,1H3,(H,21,24). The number of hydrogen-bond acceptors (Lipinski definition) is 2. The lowest BCUT2D eigenvalue weighted by Gasteiger charge is -2.05. The maximum absolute atomic E-state index is 12.7. The van der Waals surface area contributed by atoms with Gasteiger partial charge in [0, 0.05) is 18.0 Å². The molecule has 1 N–H and O–H groups in total. The molecule has 124 valence electrons. The number of nitrogens with zero attached hydrogens (tertiary/aromatic N) is 2. The zero-order chi connectivity index (χ0) is 17.3. The molecule has 3 aromatic rings. The first-order valence-electron chi connectivity index (χ1n) is 7.22. The summed E-state index contributed by atoms with van der Waals surface area (Å²) in [6.45, 7) is 2.06. The van der Waals surface area contributed by atoms with Crippen molar-refractivity contribution in [2.45, 2.75) is 19.6 Å². The van der Waals surface area contributed by atoms with E-state index in [9.17, 15) is 18.0 Å². The van der Waals surface area contributed by atoms with Gasteiger partial charge in [0.2, 0.25) is 0 Å². The van der Waals surface area contributed by atoms with Crippen LogP contribution in [0.3, 0.4) is 0 Å². The Morgan fingerprint density at radius 2 is 1.83 bits per heavy atom. The summed E-state index contributed by atoms with van der Waals surface area (Å²) in [4.78, 5) is 16.2. The lowest BCUT2D eigenvalue weighted by atomic mass is 10.1. The Bertz CT molecular complexity index is 882. The Morgan fingerprint density at radius 1 is 1.12 bits per heavy atom. The predicted octanol–water partition coefficient (Wildman–Crippen LogP) is 3.59. The number of carbonyl (C=O) groups is 1. The molecule has 24 heavy (non-hydrogen) atoms. The molecule has 7 heteroatoms. The second-order valence-corrected chi connectivity index (χ2v) is 5.46. The van der Waals surface area contributed by atoms with Gasteiger partial charge in [0.15, 0.2) is 0 Å². The summed E-state index contributed by atoms with van der Waals surface area (Å²) >= 11 is 0. The molecule has 1 aromatic carbocycles. The number of carbonyl (C=O) groups excluding carboxylic acids is 1. The fourth-order valence-electron chi connectivity index (χ4n) is 2.28. The average Bonchev–Trinajstić information content (AvgIpc) is 2.94. The zero-order valence-electron chi connectivity index (χ0n) is 12.8. The number of rotatable bonds is 3. The Morgan fingerprint density at radius 3 is 2.50 bits per heavy atom. The van der Waals surface area contributed by atoms with E-state index in [0.717, 1.165) is 17.8 Å². The van der Waals surface area contributed by atoms with E-state index in [1.54, 1.807) is 12.1 Å². The van der Waals surface area contributed by atoms with Crippen LogP contribution in [0, 0.1) is 6.92 Å². The molecule has 0 atom stereocenters. The molecule has 0 aliphatic heterocycles. The summed E-state index contributed by atoms with van der Waals surface area (Å²) in [5.74, 6) is -0.261. The van der Waals surface area contributed by atoms with Gasteiger partial charge in [-0.15, -0.1) is 0 Å². The second kappa shape index (κ2) is 5.99. The van der Waals surface area contributed by atoms with Crippen molar-refractivity contribution in [3.05, 3.63) is 71.2 Å². The van der Waals surface area contributed by atoms with Crippen LogP contribution in [-0.4, -0.2) is 15.3 Å². The number of fused-ring (bicyclic) bond motifs is 1. The van der Waals surface area contributed by atoms with E-state index < -0.39 is 11.7 Å². The van der Waals surface area contributed by atoms with Crippen LogP contribution in [0.15, 0.2) is 48.8 Å².